The van der Waals surface area contributed by atoms with Gasteiger partial charge in [0.05, 0.1) is 5.92 Å². The molecule has 2 unspecified atom stereocenters. The molecule has 0 saturated heterocycles. The van der Waals surface area contributed by atoms with Crippen LogP contribution in [-0.2, 0) is 17.6 Å². The average Bonchev–Trinajstić information content (AvgIpc) is 2.39. The molecule has 0 bridgehead atoms. The molecule has 1 aliphatic rings. The maximum absolute atomic E-state index is 12.2. The number of amides is 1. The molecule has 0 radical (unpaired) electrons. The van der Waals surface area contributed by atoms with Crippen LogP contribution in [0.5, 0.6) is 0 Å². The first kappa shape index (κ1) is 14.1. The highest BCUT2D eigenvalue weighted by atomic mass is 16.2. The number of nitrogens with one attached hydrogen (secondary N) is 1. The largest absolute Gasteiger partial charge is 0.353 e. The van der Waals surface area contributed by atoms with Crippen molar-refractivity contribution in [2.75, 3.05) is 6.54 Å². The van der Waals surface area contributed by atoms with Crippen LogP contribution in [-0.4, -0.2) is 18.5 Å². The molecule has 1 aromatic rings. The van der Waals surface area contributed by atoms with E-state index in [0.29, 0.717) is 12.5 Å². The van der Waals surface area contributed by atoms with E-state index < -0.39 is 0 Å². The number of carbonyl (C=O) groups is 1. The number of aryl methyl sites for hydroxylation is 1. The SMILES string of the molecule is CC(C)C(CN)C(=O)NC1CCc2ccccc2C1. The van der Waals surface area contributed by atoms with E-state index in [9.17, 15) is 4.79 Å². The zero-order chi connectivity index (χ0) is 13.8. The lowest BCUT2D eigenvalue weighted by Gasteiger charge is -2.28. The van der Waals surface area contributed by atoms with E-state index in [0.717, 1.165) is 19.3 Å². The summed E-state index contributed by atoms with van der Waals surface area (Å²) in [7, 11) is 0. The van der Waals surface area contributed by atoms with Gasteiger partial charge in [-0.1, -0.05) is 38.1 Å². The summed E-state index contributed by atoms with van der Waals surface area (Å²) >= 11 is 0. The summed E-state index contributed by atoms with van der Waals surface area (Å²) in [6, 6.07) is 8.76. The number of rotatable bonds is 4. The van der Waals surface area contributed by atoms with Gasteiger partial charge in [-0.05, 0) is 36.3 Å². The first-order valence-electron chi connectivity index (χ1n) is 7.19. The van der Waals surface area contributed by atoms with Crippen LogP contribution in [0.25, 0.3) is 0 Å². The van der Waals surface area contributed by atoms with Crippen molar-refractivity contribution in [2.24, 2.45) is 17.6 Å². The van der Waals surface area contributed by atoms with E-state index in [2.05, 4.69) is 29.6 Å². The van der Waals surface area contributed by atoms with Gasteiger partial charge in [-0.15, -0.1) is 0 Å². The minimum atomic E-state index is -0.0721. The fraction of sp³-hybridized carbons (Fsp3) is 0.562. The van der Waals surface area contributed by atoms with Gasteiger partial charge in [-0.2, -0.15) is 0 Å². The molecule has 3 heteroatoms. The molecular weight excluding hydrogens is 236 g/mol. The van der Waals surface area contributed by atoms with Gasteiger partial charge in [0.2, 0.25) is 5.91 Å². The van der Waals surface area contributed by atoms with Gasteiger partial charge < -0.3 is 11.1 Å². The Morgan fingerprint density at radius 2 is 2.05 bits per heavy atom. The monoisotopic (exact) mass is 260 g/mol. The molecule has 104 valence electrons. The molecule has 2 atom stereocenters. The normalized spacial score (nSPS) is 19.9. The van der Waals surface area contributed by atoms with Gasteiger partial charge in [0.15, 0.2) is 0 Å². The number of hydrogen-bond acceptors (Lipinski definition) is 2. The van der Waals surface area contributed by atoms with E-state index in [-0.39, 0.29) is 17.9 Å². The maximum atomic E-state index is 12.2. The molecule has 0 fully saturated rings. The van der Waals surface area contributed by atoms with Gasteiger partial charge in [-0.25, -0.2) is 0 Å². The number of hydrogen-bond donors (Lipinski definition) is 2. The molecule has 3 N–H and O–H groups in total. The van der Waals surface area contributed by atoms with Crippen molar-refractivity contribution in [3.63, 3.8) is 0 Å². The van der Waals surface area contributed by atoms with Crippen molar-refractivity contribution < 1.29 is 4.79 Å². The fourth-order valence-electron chi connectivity index (χ4n) is 2.81. The lowest BCUT2D eigenvalue weighted by atomic mass is 9.87. The zero-order valence-corrected chi connectivity index (χ0v) is 11.9. The van der Waals surface area contributed by atoms with E-state index in [1.165, 1.54) is 11.1 Å². The first-order valence-corrected chi connectivity index (χ1v) is 7.19. The second kappa shape index (κ2) is 6.20. The van der Waals surface area contributed by atoms with Crippen LogP contribution in [0.15, 0.2) is 24.3 Å². The number of fused-ring (bicyclic) bond motifs is 1. The van der Waals surface area contributed by atoms with Crippen molar-refractivity contribution in [3.05, 3.63) is 35.4 Å². The van der Waals surface area contributed by atoms with E-state index >= 15 is 0 Å². The third-order valence-corrected chi connectivity index (χ3v) is 4.09. The summed E-state index contributed by atoms with van der Waals surface area (Å²) in [5.41, 5.74) is 8.49. The average molecular weight is 260 g/mol. The molecule has 3 nitrogen and oxygen atoms in total. The molecule has 0 aromatic heterocycles. The van der Waals surface area contributed by atoms with Gasteiger partial charge in [0.1, 0.15) is 0 Å². The Kier molecular flexibility index (Phi) is 4.59. The standard InChI is InChI=1S/C16H24N2O/c1-11(2)15(10-17)16(19)18-14-8-7-12-5-3-4-6-13(12)9-14/h3-6,11,14-15H,7-10,17H2,1-2H3,(H,18,19). The van der Waals surface area contributed by atoms with Crippen LogP contribution in [0.1, 0.15) is 31.4 Å². The van der Waals surface area contributed by atoms with E-state index in [1.54, 1.807) is 0 Å². The molecule has 1 aliphatic carbocycles. The highest BCUT2D eigenvalue weighted by Gasteiger charge is 2.25. The van der Waals surface area contributed by atoms with Crippen LogP contribution in [0, 0.1) is 11.8 Å². The summed E-state index contributed by atoms with van der Waals surface area (Å²) in [4.78, 5) is 12.2. The summed E-state index contributed by atoms with van der Waals surface area (Å²) in [6.45, 7) is 4.52. The van der Waals surface area contributed by atoms with Crippen molar-refractivity contribution in [3.8, 4) is 0 Å². The molecule has 0 saturated carbocycles. The molecular formula is C16H24N2O. The first-order chi connectivity index (χ1) is 9.11. The molecule has 0 heterocycles. The second-order valence-electron chi connectivity index (χ2n) is 5.80. The van der Waals surface area contributed by atoms with Gasteiger partial charge in [-0.3, -0.25) is 4.79 Å². The van der Waals surface area contributed by atoms with Crippen LogP contribution in [0.3, 0.4) is 0 Å². The van der Waals surface area contributed by atoms with E-state index in [1.807, 2.05) is 13.8 Å². The molecule has 1 amide bonds. The van der Waals surface area contributed by atoms with Gasteiger partial charge in [0, 0.05) is 12.6 Å². The zero-order valence-electron chi connectivity index (χ0n) is 11.9. The quantitative estimate of drug-likeness (QED) is 0.868. The smallest absolute Gasteiger partial charge is 0.224 e. The van der Waals surface area contributed by atoms with Crippen molar-refractivity contribution >= 4 is 5.91 Å². The predicted molar refractivity (Wildman–Crippen MR) is 77.8 cm³/mol. The molecule has 1 aromatic carbocycles. The van der Waals surface area contributed by atoms with E-state index in [4.69, 9.17) is 5.73 Å². The van der Waals surface area contributed by atoms with Crippen LogP contribution >= 0.6 is 0 Å². The van der Waals surface area contributed by atoms with Crippen LogP contribution < -0.4 is 11.1 Å². The van der Waals surface area contributed by atoms with Gasteiger partial charge in [0.25, 0.3) is 0 Å². The summed E-state index contributed by atoms with van der Waals surface area (Å²) in [6.07, 6.45) is 3.02. The van der Waals surface area contributed by atoms with Crippen molar-refractivity contribution in [1.29, 1.82) is 0 Å². The highest BCUT2D eigenvalue weighted by Crippen LogP contribution is 2.21. The topological polar surface area (TPSA) is 55.1 Å². The lowest BCUT2D eigenvalue weighted by molar-refractivity contribution is -0.126. The van der Waals surface area contributed by atoms with Crippen molar-refractivity contribution in [2.45, 2.75) is 39.2 Å². The number of benzene rings is 1. The third-order valence-electron chi connectivity index (χ3n) is 4.09. The Balaban J connectivity index is 1.97. The fourth-order valence-corrected chi connectivity index (χ4v) is 2.81. The second-order valence-corrected chi connectivity index (χ2v) is 5.80. The Labute approximate surface area is 115 Å². The number of carbonyl (C=O) groups excluding carboxylic acids is 1. The molecule has 2 rings (SSSR count). The Hall–Kier alpha value is -1.35. The van der Waals surface area contributed by atoms with Crippen molar-refractivity contribution in [1.82, 2.24) is 5.32 Å². The summed E-state index contributed by atoms with van der Waals surface area (Å²) in [5.74, 6) is 0.333. The predicted octanol–water partition coefficient (Wildman–Crippen LogP) is 1.89. The molecule has 0 spiro atoms. The molecule has 19 heavy (non-hydrogen) atoms. The maximum Gasteiger partial charge on any atom is 0.224 e. The third kappa shape index (κ3) is 3.35. The molecule has 0 aliphatic heterocycles. The number of nitrogens with two attached hydrogens (primary N) is 1. The van der Waals surface area contributed by atoms with Gasteiger partial charge >= 0.3 is 0 Å². The minimum absolute atomic E-state index is 0.0721. The lowest BCUT2D eigenvalue weighted by Crippen LogP contribution is -2.45. The summed E-state index contributed by atoms with van der Waals surface area (Å²) in [5, 5.41) is 3.17. The Morgan fingerprint density at radius 3 is 2.68 bits per heavy atom. The van der Waals surface area contributed by atoms with Crippen LogP contribution in [0.4, 0.5) is 0 Å². The Bertz CT molecular complexity index is 442. The minimum Gasteiger partial charge on any atom is -0.353 e. The van der Waals surface area contributed by atoms with Crippen LogP contribution in [0.2, 0.25) is 0 Å². The highest BCUT2D eigenvalue weighted by molar-refractivity contribution is 5.79. The summed E-state index contributed by atoms with van der Waals surface area (Å²) < 4.78 is 0. The Morgan fingerprint density at radius 1 is 1.37 bits per heavy atom.